The average molecular weight is 259 g/mol. The molecule has 1 N–H and O–H groups in total. The summed E-state index contributed by atoms with van der Waals surface area (Å²) in [6.07, 6.45) is 3.85. The third-order valence-electron chi connectivity index (χ3n) is 4.45. The molecule has 0 aliphatic carbocycles. The molecule has 2 fully saturated rings. The van der Waals surface area contributed by atoms with Gasteiger partial charge in [0.15, 0.2) is 0 Å². The van der Waals surface area contributed by atoms with Crippen molar-refractivity contribution in [1.29, 1.82) is 0 Å². The zero-order chi connectivity index (χ0) is 13.1. The van der Waals surface area contributed by atoms with Gasteiger partial charge in [-0.15, -0.1) is 0 Å². The fourth-order valence-electron chi connectivity index (χ4n) is 3.44. The van der Waals surface area contributed by atoms with E-state index in [1.165, 1.54) is 5.56 Å². The number of hydrogen-bond donors (Lipinski definition) is 1. The summed E-state index contributed by atoms with van der Waals surface area (Å²) >= 11 is 0. The van der Waals surface area contributed by atoms with Gasteiger partial charge in [-0.1, -0.05) is 30.3 Å². The Kier molecular flexibility index (Phi) is 3.83. The standard InChI is InChI=1S/C16H21NO2/c18-16-11-14(13-6-8-19-9-7-13)15(17-16)10-12-4-2-1-3-5-12/h1-5,13-15H,6-11H2,(H,17,18). The van der Waals surface area contributed by atoms with Crippen molar-refractivity contribution in [3.63, 3.8) is 0 Å². The van der Waals surface area contributed by atoms with Gasteiger partial charge in [0.05, 0.1) is 0 Å². The highest BCUT2D eigenvalue weighted by Crippen LogP contribution is 2.33. The van der Waals surface area contributed by atoms with Crippen LogP contribution in [0.5, 0.6) is 0 Å². The molecule has 2 aliphatic heterocycles. The van der Waals surface area contributed by atoms with Crippen LogP contribution in [-0.4, -0.2) is 25.2 Å². The van der Waals surface area contributed by atoms with Gasteiger partial charge in [0.1, 0.15) is 0 Å². The molecule has 102 valence electrons. The summed E-state index contributed by atoms with van der Waals surface area (Å²) < 4.78 is 5.43. The van der Waals surface area contributed by atoms with E-state index in [4.69, 9.17) is 4.74 Å². The number of carbonyl (C=O) groups excluding carboxylic acids is 1. The van der Waals surface area contributed by atoms with Crippen LogP contribution < -0.4 is 5.32 Å². The lowest BCUT2D eigenvalue weighted by atomic mass is 9.79. The molecule has 3 rings (SSSR count). The Morgan fingerprint density at radius 1 is 1.16 bits per heavy atom. The zero-order valence-corrected chi connectivity index (χ0v) is 11.2. The summed E-state index contributed by atoms with van der Waals surface area (Å²) in [6, 6.07) is 10.8. The number of hydrogen-bond acceptors (Lipinski definition) is 2. The summed E-state index contributed by atoms with van der Waals surface area (Å²) in [5.41, 5.74) is 1.31. The van der Waals surface area contributed by atoms with E-state index in [-0.39, 0.29) is 5.91 Å². The monoisotopic (exact) mass is 259 g/mol. The molecule has 1 amide bonds. The first kappa shape index (κ1) is 12.7. The van der Waals surface area contributed by atoms with E-state index in [0.717, 1.165) is 32.5 Å². The lowest BCUT2D eigenvalue weighted by molar-refractivity contribution is -0.119. The van der Waals surface area contributed by atoms with Crippen LogP contribution in [0.2, 0.25) is 0 Å². The van der Waals surface area contributed by atoms with Gasteiger partial charge in [0, 0.05) is 25.7 Å². The topological polar surface area (TPSA) is 38.3 Å². The maximum absolute atomic E-state index is 11.8. The lowest BCUT2D eigenvalue weighted by Gasteiger charge is -2.30. The SMILES string of the molecule is O=C1CC(C2CCOCC2)C(Cc2ccccc2)N1. The van der Waals surface area contributed by atoms with Gasteiger partial charge in [0.25, 0.3) is 0 Å². The smallest absolute Gasteiger partial charge is 0.220 e. The molecule has 2 atom stereocenters. The highest BCUT2D eigenvalue weighted by molar-refractivity contribution is 5.79. The molecule has 0 spiro atoms. The Balaban J connectivity index is 1.69. The van der Waals surface area contributed by atoms with Crippen molar-refractivity contribution in [1.82, 2.24) is 5.32 Å². The highest BCUT2D eigenvalue weighted by Gasteiger charge is 2.38. The van der Waals surface area contributed by atoms with E-state index >= 15 is 0 Å². The molecule has 19 heavy (non-hydrogen) atoms. The summed E-state index contributed by atoms with van der Waals surface area (Å²) in [5.74, 6) is 1.34. The van der Waals surface area contributed by atoms with Crippen molar-refractivity contribution in [2.75, 3.05) is 13.2 Å². The number of nitrogens with one attached hydrogen (secondary N) is 1. The van der Waals surface area contributed by atoms with Crippen LogP contribution in [0.4, 0.5) is 0 Å². The Labute approximate surface area is 114 Å². The second-order valence-electron chi connectivity index (χ2n) is 5.68. The van der Waals surface area contributed by atoms with Crippen LogP contribution in [0.25, 0.3) is 0 Å². The molecule has 2 saturated heterocycles. The van der Waals surface area contributed by atoms with E-state index in [9.17, 15) is 4.79 Å². The van der Waals surface area contributed by atoms with Crippen molar-refractivity contribution >= 4 is 5.91 Å². The number of benzene rings is 1. The number of amides is 1. The van der Waals surface area contributed by atoms with Crippen LogP contribution >= 0.6 is 0 Å². The van der Waals surface area contributed by atoms with E-state index in [1.54, 1.807) is 0 Å². The van der Waals surface area contributed by atoms with E-state index in [2.05, 4.69) is 29.6 Å². The first-order chi connectivity index (χ1) is 9.33. The first-order valence-electron chi connectivity index (χ1n) is 7.24. The van der Waals surface area contributed by atoms with Crippen molar-refractivity contribution in [3.8, 4) is 0 Å². The number of ether oxygens (including phenoxy) is 1. The molecule has 2 aliphatic rings. The molecule has 0 aromatic heterocycles. The van der Waals surface area contributed by atoms with E-state index in [0.29, 0.717) is 24.3 Å². The number of rotatable bonds is 3. The lowest BCUT2D eigenvalue weighted by Crippen LogP contribution is -2.36. The molecule has 0 bridgehead atoms. The van der Waals surface area contributed by atoms with Gasteiger partial charge in [0.2, 0.25) is 5.91 Å². The van der Waals surface area contributed by atoms with Gasteiger partial charge in [-0.05, 0) is 36.7 Å². The minimum atomic E-state index is 0.220. The first-order valence-corrected chi connectivity index (χ1v) is 7.24. The van der Waals surface area contributed by atoms with Crippen molar-refractivity contribution in [2.45, 2.75) is 31.7 Å². The van der Waals surface area contributed by atoms with Crippen LogP contribution in [0, 0.1) is 11.8 Å². The summed E-state index contributed by atoms with van der Waals surface area (Å²) in [6.45, 7) is 1.71. The van der Waals surface area contributed by atoms with Crippen LogP contribution in [0.1, 0.15) is 24.8 Å². The fraction of sp³-hybridized carbons (Fsp3) is 0.562. The third-order valence-corrected chi connectivity index (χ3v) is 4.45. The molecule has 2 unspecified atom stereocenters. The molecule has 0 radical (unpaired) electrons. The second-order valence-corrected chi connectivity index (χ2v) is 5.68. The summed E-state index contributed by atoms with van der Waals surface area (Å²) in [4.78, 5) is 11.8. The van der Waals surface area contributed by atoms with Crippen LogP contribution in [0.15, 0.2) is 30.3 Å². The second kappa shape index (κ2) is 5.74. The van der Waals surface area contributed by atoms with Crippen molar-refractivity contribution in [2.24, 2.45) is 11.8 Å². The third kappa shape index (κ3) is 2.98. The van der Waals surface area contributed by atoms with Crippen molar-refractivity contribution in [3.05, 3.63) is 35.9 Å². The summed E-state index contributed by atoms with van der Waals surface area (Å²) in [5, 5.41) is 3.17. The minimum absolute atomic E-state index is 0.220. The molecule has 1 aromatic carbocycles. The zero-order valence-electron chi connectivity index (χ0n) is 11.2. The average Bonchev–Trinajstić information content (AvgIpc) is 2.82. The van der Waals surface area contributed by atoms with Gasteiger partial charge in [-0.25, -0.2) is 0 Å². The summed E-state index contributed by atoms with van der Waals surface area (Å²) in [7, 11) is 0. The quantitative estimate of drug-likeness (QED) is 0.903. The van der Waals surface area contributed by atoms with E-state index < -0.39 is 0 Å². The molecule has 3 nitrogen and oxygen atoms in total. The molecule has 2 heterocycles. The van der Waals surface area contributed by atoms with Crippen LogP contribution in [-0.2, 0) is 16.0 Å². The van der Waals surface area contributed by atoms with Gasteiger partial charge in [-0.2, -0.15) is 0 Å². The van der Waals surface area contributed by atoms with Gasteiger partial charge in [-0.3, -0.25) is 4.79 Å². The van der Waals surface area contributed by atoms with Crippen LogP contribution in [0.3, 0.4) is 0 Å². The Morgan fingerprint density at radius 3 is 2.63 bits per heavy atom. The fourth-order valence-corrected chi connectivity index (χ4v) is 3.44. The largest absolute Gasteiger partial charge is 0.381 e. The molecular weight excluding hydrogens is 238 g/mol. The Morgan fingerprint density at radius 2 is 1.89 bits per heavy atom. The molecule has 0 saturated carbocycles. The Hall–Kier alpha value is -1.35. The number of carbonyl (C=O) groups is 1. The molecular formula is C16H21NO2. The van der Waals surface area contributed by atoms with E-state index in [1.807, 2.05) is 6.07 Å². The normalized spacial score (nSPS) is 28.3. The highest BCUT2D eigenvalue weighted by atomic mass is 16.5. The molecule has 3 heteroatoms. The predicted molar refractivity (Wildman–Crippen MR) is 73.7 cm³/mol. The predicted octanol–water partition coefficient (Wildman–Crippen LogP) is 2.16. The van der Waals surface area contributed by atoms with Gasteiger partial charge >= 0.3 is 0 Å². The van der Waals surface area contributed by atoms with Crippen molar-refractivity contribution < 1.29 is 9.53 Å². The minimum Gasteiger partial charge on any atom is -0.381 e. The maximum Gasteiger partial charge on any atom is 0.220 e. The maximum atomic E-state index is 11.8. The Bertz CT molecular complexity index is 426. The molecule has 1 aromatic rings. The van der Waals surface area contributed by atoms with Gasteiger partial charge < -0.3 is 10.1 Å².